The van der Waals surface area contributed by atoms with Crippen molar-refractivity contribution in [1.82, 2.24) is 23.7 Å². The van der Waals surface area contributed by atoms with Crippen molar-refractivity contribution in [3.63, 3.8) is 0 Å². The minimum atomic E-state index is -0.492. The van der Waals surface area contributed by atoms with Crippen molar-refractivity contribution in [1.29, 1.82) is 0 Å². The van der Waals surface area contributed by atoms with Crippen molar-refractivity contribution < 1.29 is 4.79 Å². The molecule has 0 aliphatic carbocycles. The summed E-state index contributed by atoms with van der Waals surface area (Å²) in [5.74, 6) is -0.314. The number of rotatable bonds is 3. The molecule has 9 heteroatoms. The Kier molecular flexibility index (Phi) is 4.07. The topological polar surface area (TPSA) is 104 Å². The van der Waals surface area contributed by atoms with Crippen LogP contribution in [0.25, 0.3) is 22.1 Å². The highest BCUT2D eigenvalue weighted by atomic mass is 16.2. The van der Waals surface area contributed by atoms with Gasteiger partial charge in [-0.3, -0.25) is 23.7 Å². The van der Waals surface area contributed by atoms with Crippen molar-refractivity contribution >= 4 is 33.7 Å². The SMILES string of the molecule is Cc1cc(NC(=O)Cn2cnc3c2c(=O)n(C)c(=O)n3C)c2ccccc2n1. The van der Waals surface area contributed by atoms with E-state index in [-0.39, 0.29) is 23.6 Å². The Morgan fingerprint density at radius 1 is 1.14 bits per heavy atom. The van der Waals surface area contributed by atoms with Gasteiger partial charge in [-0.1, -0.05) is 18.2 Å². The number of nitrogens with one attached hydrogen (secondary N) is 1. The van der Waals surface area contributed by atoms with Gasteiger partial charge in [-0.05, 0) is 19.1 Å². The van der Waals surface area contributed by atoms with Crippen molar-refractivity contribution in [3.05, 3.63) is 63.2 Å². The van der Waals surface area contributed by atoms with Crippen LogP contribution in [0.1, 0.15) is 5.69 Å². The molecule has 0 spiro atoms. The van der Waals surface area contributed by atoms with Crippen molar-refractivity contribution in [2.75, 3.05) is 5.32 Å². The molecule has 142 valence electrons. The maximum Gasteiger partial charge on any atom is 0.332 e. The first-order valence-electron chi connectivity index (χ1n) is 8.64. The third kappa shape index (κ3) is 2.77. The van der Waals surface area contributed by atoms with Gasteiger partial charge in [0, 0.05) is 25.2 Å². The Balaban J connectivity index is 1.71. The zero-order valence-electron chi connectivity index (χ0n) is 15.6. The van der Waals surface area contributed by atoms with Gasteiger partial charge < -0.3 is 9.88 Å². The number of fused-ring (bicyclic) bond motifs is 2. The number of amides is 1. The first-order chi connectivity index (χ1) is 13.4. The summed E-state index contributed by atoms with van der Waals surface area (Å²) in [4.78, 5) is 45.8. The average molecular weight is 378 g/mol. The van der Waals surface area contributed by atoms with Crippen molar-refractivity contribution in [3.8, 4) is 0 Å². The second kappa shape index (κ2) is 6.45. The molecule has 0 aliphatic rings. The van der Waals surface area contributed by atoms with Crippen LogP contribution in [0.2, 0.25) is 0 Å². The van der Waals surface area contributed by atoms with Gasteiger partial charge in [0.15, 0.2) is 11.2 Å². The smallest absolute Gasteiger partial charge is 0.324 e. The zero-order chi connectivity index (χ0) is 20.0. The van der Waals surface area contributed by atoms with Gasteiger partial charge in [0.25, 0.3) is 5.56 Å². The van der Waals surface area contributed by atoms with E-state index in [1.165, 1.54) is 29.6 Å². The van der Waals surface area contributed by atoms with Crippen LogP contribution in [0, 0.1) is 6.92 Å². The van der Waals surface area contributed by atoms with Crippen LogP contribution in [0.5, 0.6) is 0 Å². The number of nitrogens with zero attached hydrogens (tertiary/aromatic N) is 5. The van der Waals surface area contributed by atoms with Crippen LogP contribution < -0.4 is 16.6 Å². The Morgan fingerprint density at radius 2 is 1.89 bits per heavy atom. The predicted molar refractivity (Wildman–Crippen MR) is 105 cm³/mol. The molecule has 28 heavy (non-hydrogen) atoms. The van der Waals surface area contributed by atoms with Gasteiger partial charge in [-0.25, -0.2) is 9.78 Å². The lowest BCUT2D eigenvalue weighted by atomic mass is 10.1. The van der Waals surface area contributed by atoms with Gasteiger partial charge >= 0.3 is 5.69 Å². The fraction of sp³-hybridized carbons (Fsp3) is 0.211. The fourth-order valence-corrected chi connectivity index (χ4v) is 3.27. The summed E-state index contributed by atoms with van der Waals surface area (Å²) in [6, 6.07) is 9.33. The van der Waals surface area contributed by atoms with Crippen molar-refractivity contribution in [2.45, 2.75) is 13.5 Å². The van der Waals surface area contributed by atoms with E-state index in [4.69, 9.17) is 0 Å². The molecule has 0 saturated carbocycles. The van der Waals surface area contributed by atoms with Gasteiger partial charge in [-0.2, -0.15) is 0 Å². The van der Waals surface area contributed by atoms with Gasteiger partial charge in [0.1, 0.15) is 6.54 Å². The number of anilines is 1. The molecule has 0 saturated heterocycles. The number of carbonyl (C=O) groups excluding carboxylic acids is 1. The van der Waals surface area contributed by atoms with Crippen LogP contribution in [-0.2, 0) is 25.4 Å². The molecule has 0 aliphatic heterocycles. The molecule has 1 amide bonds. The van der Waals surface area contributed by atoms with Crippen LogP contribution in [0.15, 0.2) is 46.2 Å². The number of pyridine rings is 1. The first kappa shape index (κ1) is 17.7. The van der Waals surface area contributed by atoms with E-state index < -0.39 is 11.2 Å². The second-order valence-corrected chi connectivity index (χ2v) is 6.63. The monoisotopic (exact) mass is 378 g/mol. The van der Waals surface area contributed by atoms with Crippen LogP contribution in [-0.4, -0.2) is 29.6 Å². The number of aryl methyl sites for hydroxylation is 2. The summed E-state index contributed by atoms with van der Waals surface area (Å²) < 4.78 is 3.73. The molecule has 3 aromatic heterocycles. The Hall–Kier alpha value is -3.75. The summed E-state index contributed by atoms with van der Waals surface area (Å²) >= 11 is 0. The van der Waals surface area contributed by atoms with E-state index in [9.17, 15) is 14.4 Å². The lowest BCUT2D eigenvalue weighted by molar-refractivity contribution is -0.116. The molecule has 9 nitrogen and oxygen atoms in total. The highest BCUT2D eigenvalue weighted by Gasteiger charge is 2.16. The minimum absolute atomic E-state index is 0.111. The number of benzene rings is 1. The quantitative estimate of drug-likeness (QED) is 0.571. The molecule has 3 heterocycles. The lowest BCUT2D eigenvalue weighted by Gasteiger charge is -2.11. The van der Waals surface area contributed by atoms with E-state index in [2.05, 4.69) is 15.3 Å². The molecule has 1 aromatic carbocycles. The number of para-hydroxylation sites is 1. The normalized spacial score (nSPS) is 11.2. The Bertz CT molecular complexity index is 1360. The molecule has 1 N–H and O–H groups in total. The van der Waals surface area contributed by atoms with Gasteiger partial charge in [0.05, 0.1) is 17.5 Å². The number of imidazole rings is 1. The van der Waals surface area contributed by atoms with E-state index in [1.54, 1.807) is 6.07 Å². The molecular formula is C19H18N6O3. The third-order valence-electron chi connectivity index (χ3n) is 4.65. The maximum absolute atomic E-state index is 12.7. The maximum atomic E-state index is 12.7. The first-order valence-corrected chi connectivity index (χ1v) is 8.64. The van der Waals surface area contributed by atoms with Crippen LogP contribution >= 0.6 is 0 Å². The second-order valence-electron chi connectivity index (χ2n) is 6.63. The Labute approximate surface area is 158 Å². The molecule has 0 radical (unpaired) electrons. The summed E-state index contributed by atoms with van der Waals surface area (Å²) in [5.41, 5.74) is 1.71. The molecule has 4 aromatic rings. The average Bonchev–Trinajstić information content (AvgIpc) is 3.08. The van der Waals surface area contributed by atoms with Gasteiger partial charge in [-0.15, -0.1) is 0 Å². The van der Waals surface area contributed by atoms with Crippen molar-refractivity contribution in [2.24, 2.45) is 14.1 Å². The minimum Gasteiger partial charge on any atom is -0.324 e. The molecule has 0 fully saturated rings. The number of hydrogen-bond acceptors (Lipinski definition) is 5. The fourth-order valence-electron chi connectivity index (χ4n) is 3.27. The molecule has 0 unspecified atom stereocenters. The van der Waals surface area contributed by atoms with E-state index >= 15 is 0 Å². The van der Waals surface area contributed by atoms with E-state index in [1.807, 2.05) is 31.2 Å². The standard InChI is InChI=1S/C19H18N6O3/c1-11-8-14(12-6-4-5-7-13(12)21-11)22-15(26)9-25-10-20-17-16(25)18(27)24(3)19(28)23(17)2/h4-8,10H,9H2,1-3H3,(H,21,22,26). The number of carbonyl (C=O) groups is 1. The lowest BCUT2D eigenvalue weighted by Crippen LogP contribution is -2.37. The summed E-state index contributed by atoms with van der Waals surface area (Å²) in [7, 11) is 2.93. The summed E-state index contributed by atoms with van der Waals surface area (Å²) in [6.45, 7) is 1.75. The molecule has 0 bridgehead atoms. The molecule has 0 atom stereocenters. The number of aromatic nitrogens is 5. The zero-order valence-corrected chi connectivity index (χ0v) is 15.6. The summed E-state index contributed by atoms with van der Waals surface area (Å²) in [5, 5.41) is 3.71. The number of hydrogen-bond donors (Lipinski definition) is 1. The van der Waals surface area contributed by atoms with Crippen LogP contribution in [0.4, 0.5) is 5.69 Å². The third-order valence-corrected chi connectivity index (χ3v) is 4.65. The van der Waals surface area contributed by atoms with E-state index in [0.29, 0.717) is 5.69 Å². The van der Waals surface area contributed by atoms with E-state index in [0.717, 1.165) is 21.2 Å². The molecule has 4 rings (SSSR count). The largest absolute Gasteiger partial charge is 0.332 e. The Morgan fingerprint density at radius 3 is 2.68 bits per heavy atom. The van der Waals surface area contributed by atoms with Gasteiger partial charge in [0.2, 0.25) is 5.91 Å². The highest BCUT2D eigenvalue weighted by molar-refractivity contribution is 6.01. The van der Waals surface area contributed by atoms with Crippen LogP contribution in [0.3, 0.4) is 0 Å². The summed E-state index contributed by atoms with van der Waals surface area (Å²) in [6.07, 6.45) is 1.39. The predicted octanol–water partition coefficient (Wildman–Crippen LogP) is 0.929. The molecular weight excluding hydrogens is 360 g/mol. The highest BCUT2D eigenvalue weighted by Crippen LogP contribution is 2.23.